The van der Waals surface area contributed by atoms with Crippen molar-refractivity contribution in [2.24, 2.45) is 5.92 Å². The first-order valence-corrected chi connectivity index (χ1v) is 10.5. The van der Waals surface area contributed by atoms with E-state index in [4.69, 9.17) is 14.2 Å². The van der Waals surface area contributed by atoms with E-state index >= 15 is 0 Å². The zero-order valence-corrected chi connectivity index (χ0v) is 18.0. The highest BCUT2D eigenvalue weighted by molar-refractivity contribution is 5.94. The summed E-state index contributed by atoms with van der Waals surface area (Å²) in [4.78, 5) is 12.6. The number of aromatic nitrogens is 2. The number of rotatable bonds is 12. The summed E-state index contributed by atoms with van der Waals surface area (Å²) in [5, 5.41) is 7.17. The Morgan fingerprint density at radius 2 is 1.84 bits per heavy atom. The van der Waals surface area contributed by atoms with Gasteiger partial charge in [-0.05, 0) is 49.2 Å². The molecule has 1 unspecified atom stereocenters. The minimum absolute atomic E-state index is 0.146. The molecule has 0 radical (unpaired) electrons. The van der Waals surface area contributed by atoms with E-state index < -0.39 is 0 Å². The van der Waals surface area contributed by atoms with Crippen LogP contribution in [0.3, 0.4) is 0 Å². The summed E-state index contributed by atoms with van der Waals surface area (Å²) in [5.41, 5.74) is 0.530. The number of hydrogen-bond acceptors (Lipinski definition) is 5. The Labute approximate surface area is 182 Å². The molecule has 1 heterocycles. The third-order valence-corrected chi connectivity index (χ3v) is 4.53. The average molecular weight is 424 g/mol. The van der Waals surface area contributed by atoms with Crippen LogP contribution in [0, 0.1) is 5.92 Å². The highest BCUT2D eigenvalue weighted by atomic mass is 16.5. The highest BCUT2D eigenvalue weighted by Crippen LogP contribution is 2.28. The van der Waals surface area contributed by atoms with Crippen LogP contribution in [-0.4, -0.2) is 42.1 Å². The molecule has 0 saturated carbocycles. The average Bonchev–Trinajstić information content (AvgIpc) is 3.29. The molecule has 7 heteroatoms. The molecule has 31 heavy (non-hydrogen) atoms. The molecule has 0 aliphatic heterocycles. The number of nitrogens with one attached hydrogen (secondary N) is 1. The Hall–Kier alpha value is -3.48. The van der Waals surface area contributed by atoms with Crippen LogP contribution in [0.2, 0.25) is 0 Å². The number of para-hydroxylation sites is 1. The Morgan fingerprint density at radius 3 is 2.58 bits per heavy atom. The Morgan fingerprint density at radius 1 is 1.03 bits per heavy atom. The first-order valence-electron chi connectivity index (χ1n) is 10.5. The maximum atomic E-state index is 12.6. The second kappa shape index (κ2) is 11.6. The largest absolute Gasteiger partial charge is 0.490 e. The van der Waals surface area contributed by atoms with Crippen molar-refractivity contribution in [2.45, 2.75) is 20.4 Å². The van der Waals surface area contributed by atoms with Crippen LogP contribution in [0.4, 0.5) is 0 Å². The molecule has 0 saturated heterocycles. The number of benzene rings is 2. The van der Waals surface area contributed by atoms with Crippen molar-refractivity contribution < 1.29 is 19.0 Å². The fourth-order valence-corrected chi connectivity index (χ4v) is 3.03. The SMILES string of the molecule is CCOc1cc(C(=O)NCC(C)Cn2cccn2)ccc1OCCOc1ccccc1. The quantitative estimate of drug-likeness (QED) is 0.449. The fraction of sp³-hybridized carbons (Fsp3) is 0.333. The predicted molar refractivity (Wildman–Crippen MR) is 119 cm³/mol. The van der Waals surface area contributed by atoms with Gasteiger partial charge in [0.15, 0.2) is 11.5 Å². The molecular formula is C24H29N3O4. The number of nitrogens with zero attached hydrogens (tertiary/aromatic N) is 2. The molecule has 7 nitrogen and oxygen atoms in total. The molecule has 1 amide bonds. The summed E-state index contributed by atoms with van der Waals surface area (Å²) in [6.45, 7) is 6.52. The lowest BCUT2D eigenvalue weighted by atomic mass is 10.1. The van der Waals surface area contributed by atoms with Gasteiger partial charge in [-0.3, -0.25) is 9.48 Å². The molecule has 0 aliphatic carbocycles. The Bertz CT molecular complexity index is 929. The molecule has 164 valence electrons. The fourth-order valence-electron chi connectivity index (χ4n) is 3.03. The number of hydrogen-bond donors (Lipinski definition) is 1. The van der Waals surface area contributed by atoms with Gasteiger partial charge in [0.2, 0.25) is 0 Å². The van der Waals surface area contributed by atoms with Gasteiger partial charge in [-0.2, -0.15) is 5.10 Å². The molecular weight excluding hydrogens is 394 g/mol. The van der Waals surface area contributed by atoms with Gasteiger partial charge < -0.3 is 19.5 Å². The van der Waals surface area contributed by atoms with Crippen molar-refractivity contribution >= 4 is 5.91 Å². The topological polar surface area (TPSA) is 74.6 Å². The second-order valence-corrected chi connectivity index (χ2v) is 7.15. The number of carbonyl (C=O) groups excluding carboxylic acids is 1. The third-order valence-electron chi connectivity index (χ3n) is 4.53. The van der Waals surface area contributed by atoms with E-state index in [0.717, 1.165) is 12.3 Å². The van der Waals surface area contributed by atoms with Crippen molar-refractivity contribution in [3.05, 3.63) is 72.6 Å². The van der Waals surface area contributed by atoms with Gasteiger partial charge in [0, 0.05) is 31.0 Å². The summed E-state index contributed by atoms with van der Waals surface area (Å²) in [7, 11) is 0. The van der Waals surface area contributed by atoms with Crippen molar-refractivity contribution in [1.82, 2.24) is 15.1 Å². The van der Waals surface area contributed by atoms with Crippen LogP contribution in [0.1, 0.15) is 24.2 Å². The van der Waals surface area contributed by atoms with Crippen LogP contribution in [0.25, 0.3) is 0 Å². The van der Waals surface area contributed by atoms with E-state index in [1.165, 1.54) is 0 Å². The van der Waals surface area contributed by atoms with E-state index in [9.17, 15) is 4.79 Å². The predicted octanol–water partition coefficient (Wildman–Crippen LogP) is 3.81. The first-order chi connectivity index (χ1) is 15.2. The lowest BCUT2D eigenvalue weighted by Gasteiger charge is -2.15. The normalized spacial score (nSPS) is 11.5. The van der Waals surface area contributed by atoms with Gasteiger partial charge in [0.25, 0.3) is 5.91 Å². The van der Waals surface area contributed by atoms with Crippen molar-refractivity contribution in [1.29, 1.82) is 0 Å². The van der Waals surface area contributed by atoms with E-state index in [2.05, 4.69) is 17.3 Å². The molecule has 0 spiro atoms. The first kappa shape index (κ1) is 22.2. The van der Waals surface area contributed by atoms with Crippen LogP contribution >= 0.6 is 0 Å². The number of ether oxygens (including phenoxy) is 3. The maximum Gasteiger partial charge on any atom is 0.251 e. The van der Waals surface area contributed by atoms with Crippen LogP contribution < -0.4 is 19.5 Å². The summed E-state index contributed by atoms with van der Waals surface area (Å²) in [5.74, 6) is 2.03. The van der Waals surface area contributed by atoms with Gasteiger partial charge in [-0.15, -0.1) is 0 Å². The lowest BCUT2D eigenvalue weighted by Crippen LogP contribution is -2.30. The molecule has 1 atom stereocenters. The standard InChI is InChI=1S/C24H29N3O4/c1-3-29-23-16-20(24(28)25-17-19(2)18-27-13-7-12-26-27)10-11-22(23)31-15-14-30-21-8-5-4-6-9-21/h4-13,16,19H,3,14-15,17-18H2,1-2H3,(H,25,28). The van der Waals surface area contributed by atoms with E-state index in [1.54, 1.807) is 24.4 Å². The zero-order chi connectivity index (χ0) is 21.9. The van der Waals surface area contributed by atoms with E-state index in [0.29, 0.717) is 43.4 Å². The summed E-state index contributed by atoms with van der Waals surface area (Å²) in [6.07, 6.45) is 3.66. The summed E-state index contributed by atoms with van der Waals surface area (Å²) >= 11 is 0. The smallest absolute Gasteiger partial charge is 0.251 e. The molecule has 0 fully saturated rings. The summed E-state index contributed by atoms with van der Waals surface area (Å²) in [6, 6.07) is 16.7. The summed E-state index contributed by atoms with van der Waals surface area (Å²) < 4.78 is 19.0. The molecule has 2 aromatic carbocycles. The monoisotopic (exact) mass is 423 g/mol. The van der Waals surface area contributed by atoms with Crippen LogP contribution in [0.5, 0.6) is 17.2 Å². The van der Waals surface area contributed by atoms with Gasteiger partial charge in [-0.1, -0.05) is 25.1 Å². The number of carbonyl (C=O) groups is 1. The molecule has 1 aromatic heterocycles. The van der Waals surface area contributed by atoms with Crippen molar-refractivity contribution in [2.75, 3.05) is 26.4 Å². The molecule has 3 rings (SSSR count). The molecule has 1 N–H and O–H groups in total. The zero-order valence-electron chi connectivity index (χ0n) is 18.0. The van der Waals surface area contributed by atoms with Gasteiger partial charge in [0.05, 0.1) is 6.61 Å². The minimum atomic E-state index is -0.146. The Balaban J connectivity index is 1.51. The minimum Gasteiger partial charge on any atom is -0.490 e. The van der Waals surface area contributed by atoms with Gasteiger partial charge >= 0.3 is 0 Å². The van der Waals surface area contributed by atoms with Crippen molar-refractivity contribution in [3.8, 4) is 17.2 Å². The van der Waals surface area contributed by atoms with E-state index in [1.807, 2.05) is 54.2 Å². The molecule has 0 aliphatic rings. The second-order valence-electron chi connectivity index (χ2n) is 7.15. The third kappa shape index (κ3) is 7.06. The molecule has 0 bridgehead atoms. The van der Waals surface area contributed by atoms with Crippen molar-refractivity contribution in [3.63, 3.8) is 0 Å². The van der Waals surface area contributed by atoms with E-state index in [-0.39, 0.29) is 11.8 Å². The van der Waals surface area contributed by atoms with Gasteiger partial charge in [-0.25, -0.2) is 0 Å². The lowest BCUT2D eigenvalue weighted by molar-refractivity contribution is 0.0946. The van der Waals surface area contributed by atoms with Gasteiger partial charge in [0.1, 0.15) is 19.0 Å². The Kier molecular flexibility index (Phi) is 8.34. The number of amides is 1. The molecule has 3 aromatic rings. The maximum absolute atomic E-state index is 12.6. The van der Waals surface area contributed by atoms with Crippen LogP contribution in [-0.2, 0) is 6.54 Å². The van der Waals surface area contributed by atoms with Crippen LogP contribution in [0.15, 0.2) is 67.0 Å². The highest BCUT2D eigenvalue weighted by Gasteiger charge is 2.13.